The van der Waals surface area contributed by atoms with Crippen LogP contribution in [0.25, 0.3) is 0 Å². The lowest BCUT2D eigenvalue weighted by Gasteiger charge is -2.41. The van der Waals surface area contributed by atoms with E-state index in [-0.39, 0.29) is 5.91 Å². The molecule has 0 radical (unpaired) electrons. The van der Waals surface area contributed by atoms with Gasteiger partial charge in [0, 0.05) is 44.1 Å². The number of rotatable bonds is 5. The van der Waals surface area contributed by atoms with Crippen LogP contribution in [0, 0.1) is 11.8 Å². The van der Waals surface area contributed by atoms with Crippen LogP contribution in [-0.2, 0) is 4.79 Å². The summed E-state index contributed by atoms with van der Waals surface area (Å²) in [5, 5.41) is 3.10. The molecule has 2 heterocycles. The summed E-state index contributed by atoms with van der Waals surface area (Å²) in [6.45, 7) is 10.5. The molecule has 1 N–H and O–H groups in total. The second-order valence-corrected chi connectivity index (χ2v) is 8.84. The van der Waals surface area contributed by atoms with Gasteiger partial charge < -0.3 is 15.1 Å². The number of hydrogen-bond donors (Lipinski definition) is 1. The van der Waals surface area contributed by atoms with Gasteiger partial charge in [-0.2, -0.15) is 0 Å². The monoisotopic (exact) mass is 384 g/mol. The van der Waals surface area contributed by atoms with Gasteiger partial charge in [0.1, 0.15) is 0 Å². The molecule has 1 aliphatic carbocycles. The molecule has 0 bridgehead atoms. The van der Waals surface area contributed by atoms with Crippen molar-refractivity contribution in [3.05, 3.63) is 24.3 Å². The SMILES string of the molecule is CCN1CCN(c2ccc(NC(=O)CN3CC[C@@H]4CCCC[C@@H]4C3)cc2)CC1. The minimum Gasteiger partial charge on any atom is -0.369 e. The van der Waals surface area contributed by atoms with Crippen LogP contribution in [0.3, 0.4) is 0 Å². The fraction of sp³-hybridized carbons (Fsp3) is 0.696. The standard InChI is InChI=1S/C23H36N4O/c1-2-25-13-15-27(16-14-25)22-9-7-21(8-10-22)24-23(28)18-26-12-11-19-5-3-4-6-20(19)17-26/h7-10,19-20H,2-6,11-18H2,1H3,(H,24,28)/t19-,20+/m0/s1. The number of anilines is 2. The topological polar surface area (TPSA) is 38.8 Å². The number of amides is 1. The van der Waals surface area contributed by atoms with E-state index in [4.69, 9.17) is 0 Å². The molecule has 5 heteroatoms. The van der Waals surface area contributed by atoms with E-state index in [0.717, 1.165) is 63.3 Å². The average molecular weight is 385 g/mol. The first-order chi connectivity index (χ1) is 13.7. The fourth-order valence-electron chi connectivity index (χ4n) is 5.30. The second-order valence-electron chi connectivity index (χ2n) is 8.84. The molecule has 5 nitrogen and oxygen atoms in total. The fourth-order valence-corrected chi connectivity index (χ4v) is 5.30. The number of piperazine rings is 1. The summed E-state index contributed by atoms with van der Waals surface area (Å²) in [5.41, 5.74) is 2.17. The number of likely N-dealkylation sites (tertiary alicyclic amines) is 1. The highest BCUT2D eigenvalue weighted by atomic mass is 16.2. The summed E-state index contributed by atoms with van der Waals surface area (Å²) in [6.07, 6.45) is 6.83. The maximum Gasteiger partial charge on any atom is 0.238 e. The van der Waals surface area contributed by atoms with Gasteiger partial charge in [-0.25, -0.2) is 0 Å². The van der Waals surface area contributed by atoms with Crippen LogP contribution >= 0.6 is 0 Å². The van der Waals surface area contributed by atoms with Gasteiger partial charge in [-0.15, -0.1) is 0 Å². The van der Waals surface area contributed by atoms with Crippen LogP contribution in [-0.4, -0.2) is 68.1 Å². The number of fused-ring (bicyclic) bond motifs is 1. The zero-order valence-electron chi connectivity index (χ0n) is 17.4. The van der Waals surface area contributed by atoms with Crippen molar-refractivity contribution in [3.63, 3.8) is 0 Å². The van der Waals surface area contributed by atoms with Gasteiger partial charge in [0.25, 0.3) is 0 Å². The first-order valence-corrected chi connectivity index (χ1v) is 11.3. The van der Waals surface area contributed by atoms with Gasteiger partial charge >= 0.3 is 0 Å². The highest BCUT2D eigenvalue weighted by Crippen LogP contribution is 2.35. The summed E-state index contributed by atoms with van der Waals surface area (Å²) in [6, 6.07) is 8.38. The van der Waals surface area contributed by atoms with Gasteiger partial charge in [-0.05, 0) is 62.0 Å². The molecule has 1 saturated carbocycles. The Morgan fingerprint density at radius 2 is 1.64 bits per heavy atom. The third-order valence-electron chi connectivity index (χ3n) is 7.08. The number of hydrogen-bond acceptors (Lipinski definition) is 4. The zero-order valence-corrected chi connectivity index (χ0v) is 17.4. The van der Waals surface area contributed by atoms with E-state index in [1.165, 1.54) is 37.8 Å². The Morgan fingerprint density at radius 1 is 0.929 bits per heavy atom. The van der Waals surface area contributed by atoms with Crippen molar-refractivity contribution >= 4 is 17.3 Å². The number of nitrogens with one attached hydrogen (secondary N) is 1. The molecule has 3 aliphatic rings. The Kier molecular flexibility index (Phi) is 6.53. The van der Waals surface area contributed by atoms with Gasteiger partial charge in [0.15, 0.2) is 0 Å². The van der Waals surface area contributed by atoms with E-state index in [0.29, 0.717) is 6.54 Å². The maximum absolute atomic E-state index is 12.5. The number of likely N-dealkylation sites (N-methyl/N-ethyl adjacent to an activating group) is 1. The van der Waals surface area contributed by atoms with Crippen LogP contribution < -0.4 is 10.2 Å². The molecule has 0 spiro atoms. The van der Waals surface area contributed by atoms with Crippen LogP contribution in [0.2, 0.25) is 0 Å². The molecule has 154 valence electrons. The molecule has 28 heavy (non-hydrogen) atoms. The van der Waals surface area contributed by atoms with Crippen molar-refractivity contribution in [2.75, 3.05) is 62.6 Å². The number of benzene rings is 1. The van der Waals surface area contributed by atoms with Crippen LogP contribution in [0.5, 0.6) is 0 Å². The molecular formula is C23H36N4O. The minimum atomic E-state index is 0.124. The van der Waals surface area contributed by atoms with Gasteiger partial charge in [0.2, 0.25) is 5.91 Å². The predicted octanol–water partition coefficient (Wildman–Crippen LogP) is 3.28. The number of nitrogens with zero attached hydrogens (tertiary/aromatic N) is 3. The van der Waals surface area contributed by atoms with Crippen molar-refractivity contribution in [1.29, 1.82) is 0 Å². The number of carbonyl (C=O) groups excluding carboxylic acids is 1. The van der Waals surface area contributed by atoms with Crippen molar-refractivity contribution in [1.82, 2.24) is 9.80 Å². The summed E-state index contributed by atoms with van der Waals surface area (Å²) in [5.74, 6) is 1.86. The quantitative estimate of drug-likeness (QED) is 0.846. The lowest BCUT2D eigenvalue weighted by Crippen LogP contribution is -2.46. The molecule has 0 unspecified atom stereocenters. The van der Waals surface area contributed by atoms with Crippen molar-refractivity contribution < 1.29 is 4.79 Å². The third kappa shape index (κ3) is 4.87. The van der Waals surface area contributed by atoms with Crippen molar-refractivity contribution in [2.24, 2.45) is 11.8 Å². The molecule has 1 amide bonds. The molecular weight excluding hydrogens is 348 g/mol. The Bertz CT molecular complexity index is 639. The zero-order chi connectivity index (χ0) is 19.3. The van der Waals surface area contributed by atoms with Crippen LogP contribution in [0.15, 0.2) is 24.3 Å². The van der Waals surface area contributed by atoms with E-state index in [2.05, 4.69) is 39.1 Å². The van der Waals surface area contributed by atoms with Crippen LogP contribution in [0.4, 0.5) is 11.4 Å². The smallest absolute Gasteiger partial charge is 0.238 e. The minimum absolute atomic E-state index is 0.124. The largest absolute Gasteiger partial charge is 0.369 e. The van der Waals surface area contributed by atoms with E-state index in [1.54, 1.807) is 0 Å². The molecule has 2 aliphatic heterocycles. The van der Waals surface area contributed by atoms with E-state index in [1.807, 2.05) is 12.1 Å². The Labute approximate surface area is 170 Å². The third-order valence-corrected chi connectivity index (χ3v) is 7.08. The number of piperidine rings is 1. The van der Waals surface area contributed by atoms with Crippen molar-refractivity contribution in [2.45, 2.75) is 39.0 Å². The van der Waals surface area contributed by atoms with E-state index in [9.17, 15) is 4.79 Å². The highest BCUT2D eigenvalue weighted by molar-refractivity contribution is 5.92. The number of carbonyl (C=O) groups is 1. The second kappa shape index (κ2) is 9.27. The molecule has 2 atom stereocenters. The van der Waals surface area contributed by atoms with Gasteiger partial charge in [-0.1, -0.05) is 26.2 Å². The maximum atomic E-state index is 12.5. The predicted molar refractivity (Wildman–Crippen MR) is 116 cm³/mol. The molecule has 2 saturated heterocycles. The molecule has 4 rings (SSSR count). The van der Waals surface area contributed by atoms with Crippen molar-refractivity contribution in [3.8, 4) is 0 Å². The molecule has 1 aromatic rings. The Morgan fingerprint density at radius 3 is 2.36 bits per heavy atom. The highest BCUT2D eigenvalue weighted by Gasteiger charge is 2.31. The Hall–Kier alpha value is -1.59. The Balaban J connectivity index is 1.24. The molecule has 0 aromatic heterocycles. The first-order valence-electron chi connectivity index (χ1n) is 11.3. The summed E-state index contributed by atoms with van der Waals surface area (Å²) in [7, 11) is 0. The average Bonchev–Trinajstić information content (AvgIpc) is 2.74. The van der Waals surface area contributed by atoms with E-state index < -0.39 is 0 Å². The summed E-state index contributed by atoms with van der Waals surface area (Å²) < 4.78 is 0. The summed E-state index contributed by atoms with van der Waals surface area (Å²) in [4.78, 5) is 19.8. The van der Waals surface area contributed by atoms with Gasteiger partial charge in [0.05, 0.1) is 6.54 Å². The normalized spacial score (nSPS) is 26.7. The summed E-state index contributed by atoms with van der Waals surface area (Å²) >= 11 is 0. The van der Waals surface area contributed by atoms with Crippen LogP contribution in [0.1, 0.15) is 39.0 Å². The molecule has 3 fully saturated rings. The first kappa shape index (κ1) is 19.7. The van der Waals surface area contributed by atoms with E-state index >= 15 is 0 Å². The lowest BCUT2D eigenvalue weighted by molar-refractivity contribution is -0.118. The van der Waals surface area contributed by atoms with Gasteiger partial charge in [-0.3, -0.25) is 9.69 Å². The molecule has 1 aromatic carbocycles. The lowest BCUT2D eigenvalue weighted by atomic mass is 9.75.